The number of nitrogens with zero attached hydrogens (tertiary/aromatic N) is 2. The van der Waals surface area contributed by atoms with E-state index in [4.69, 9.17) is 17.0 Å². The Balaban J connectivity index is 1.52. The van der Waals surface area contributed by atoms with Crippen LogP contribution in [0.15, 0.2) is 59.9 Å². The molecule has 1 saturated carbocycles. The second-order valence-corrected chi connectivity index (χ2v) is 10.9. The quantitative estimate of drug-likeness (QED) is 0.340. The highest BCUT2D eigenvalue weighted by Gasteiger charge is 2.48. The van der Waals surface area contributed by atoms with E-state index in [9.17, 15) is 26.4 Å². The first-order chi connectivity index (χ1) is 17.5. The molecule has 13 heteroatoms. The Morgan fingerprint density at radius 2 is 1.95 bits per heavy atom. The van der Waals surface area contributed by atoms with Gasteiger partial charge in [-0.3, -0.25) is 4.79 Å². The predicted octanol–water partition coefficient (Wildman–Crippen LogP) is 3.60. The van der Waals surface area contributed by atoms with Crippen molar-refractivity contribution in [3.63, 3.8) is 0 Å². The van der Waals surface area contributed by atoms with Gasteiger partial charge in [-0.2, -0.15) is 17.9 Å². The van der Waals surface area contributed by atoms with Gasteiger partial charge in [0.25, 0.3) is 0 Å². The molecule has 37 heavy (non-hydrogen) atoms. The van der Waals surface area contributed by atoms with Gasteiger partial charge in [0.15, 0.2) is 0 Å². The number of pyridine rings is 1. The van der Waals surface area contributed by atoms with Crippen molar-refractivity contribution in [1.29, 1.82) is 0 Å². The second kappa shape index (κ2) is 10.4. The molecule has 1 fully saturated rings. The molecule has 0 radical (unpaired) electrons. The lowest BCUT2D eigenvalue weighted by Gasteiger charge is -2.44. The normalized spacial score (nSPS) is 20.5. The third kappa shape index (κ3) is 5.48. The van der Waals surface area contributed by atoms with Gasteiger partial charge in [0.05, 0.1) is 20.9 Å². The molecular weight excluding hydrogens is 529 g/mol. The monoisotopic (exact) mass is 554 g/mol. The Morgan fingerprint density at radius 1 is 1.22 bits per heavy atom. The molecule has 1 aromatic carbocycles. The standard InChI is InChI=1S/C24H25F3N4O4S2/c1-28-22(36)23(17-7-10-20-29-12-13-31(20)15-17)11-3-2-4-19(23)35-21(32)14-30-37(33,34)18-8-5-16(6-9-18)24(25,26)27/h5-10,12-13,15,19,30H,2-4,11,14H2,1H3,(H,28,36). The van der Waals surface area contributed by atoms with Crippen molar-refractivity contribution in [2.45, 2.75) is 48.3 Å². The minimum atomic E-state index is -4.59. The highest BCUT2D eigenvalue weighted by atomic mass is 32.2. The summed E-state index contributed by atoms with van der Waals surface area (Å²) in [5, 5.41) is 3.04. The third-order valence-electron chi connectivity index (χ3n) is 6.55. The van der Waals surface area contributed by atoms with Crippen LogP contribution in [0.5, 0.6) is 0 Å². The zero-order valence-electron chi connectivity index (χ0n) is 19.8. The average molecular weight is 555 g/mol. The number of hydrogen-bond donors (Lipinski definition) is 2. The summed E-state index contributed by atoms with van der Waals surface area (Å²) in [5.74, 6) is -0.825. The number of carbonyl (C=O) groups is 1. The molecule has 0 saturated heterocycles. The van der Waals surface area contributed by atoms with E-state index in [2.05, 4.69) is 15.0 Å². The molecule has 2 heterocycles. The summed E-state index contributed by atoms with van der Waals surface area (Å²) in [7, 11) is -2.54. The van der Waals surface area contributed by atoms with Crippen LogP contribution in [-0.2, 0) is 31.1 Å². The molecule has 0 bridgehead atoms. The van der Waals surface area contributed by atoms with E-state index >= 15 is 0 Å². The average Bonchev–Trinajstić information content (AvgIpc) is 3.35. The van der Waals surface area contributed by atoms with E-state index in [0.29, 0.717) is 30.0 Å². The lowest BCUT2D eigenvalue weighted by Crippen LogP contribution is -2.54. The Morgan fingerprint density at radius 3 is 2.62 bits per heavy atom. The van der Waals surface area contributed by atoms with Crippen LogP contribution in [0.3, 0.4) is 0 Å². The smallest absolute Gasteiger partial charge is 0.416 e. The van der Waals surface area contributed by atoms with Gasteiger partial charge in [-0.05, 0) is 55.2 Å². The minimum Gasteiger partial charge on any atom is -0.460 e. The summed E-state index contributed by atoms with van der Waals surface area (Å²) < 4.78 is 73.2. The number of esters is 1. The maximum Gasteiger partial charge on any atom is 0.416 e. The number of sulfonamides is 1. The number of ether oxygens (including phenoxy) is 1. The van der Waals surface area contributed by atoms with Gasteiger partial charge in [0, 0.05) is 25.6 Å². The van der Waals surface area contributed by atoms with Crippen molar-refractivity contribution in [1.82, 2.24) is 19.4 Å². The molecule has 1 aliphatic carbocycles. The van der Waals surface area contributed by atoms with Crippen LogP contribution in [0, 0.1) is 0 Å². The topological polar surface area (TPSA) is 102 Å². The van der Waals surface area contributed by atoms with Gasteiger partial charge in [-0.1, -0.05) is 24.7 Å². The van der Waals surface area contributed by atoms with Crippen LogP contribution >= 0.6 is 12.2 Å². The van der Waals surface area contributed by atoms with Crippen molar-refractivity contribution in [3.8, 4) is 0 Å². The van der Waals surface area contributed by atoms with Crippen LogP contribution in [0.1, 0.15) is 36.8 Å². The SMILES string of the molecule is CNC(=S)C1(c2ccc3nccn3c2)CCCCC1OC(=O)CNS(=O)(=O)c1ccc(C(F)(F)F)cc1. The van der Waals surface area contributed by atoms with Gasteiger partial charge in [0.2, 0.25) is 10.0 Å². The Bertz CT molecular complexity index is 1410. The molecule has 0 aliphatic heterocycles. The molecule has 0 spiro atoms. The zero-order valence-corrected chi connectivity index (χ0v) is 21.4. The van der Waals surface area contributed by atoms with Crippen molar-refractivity contribution in [3.05, 3.63) is 66.1 Å². The number of hydrogen-bond acceptors (Lipinski definition) is 6. The maximum absolute atomic E-state index is 12.8. The summed E-state index contributed by atoms with van der Waals surface area (Å²) in [6, 6.07) is 6.74. The number of thiocarbonyl (C=S) groups is 1. The number of rotatable bonds is 7. The second-order valence-electron chi connectivity index (χ2n) is 8.73. The van der Waals surface area contributed by atoms with Crippen molar-refractivity contribution >= 4 is 38.8 Å². The molecule has 4 rings (SSSR count). The number of aromatic nitrogens is 2. The van der Waals surface area contributed by atoms with E-state index in [1.807, 2.05) is 22.7 Å². The van der Waals surface area contributed by atoms with E-state index in [1.165, 1.54) is 0 Å². The highest BCUT2D eigenvalue weighted by Crippen LogP contribution is 2.42. The van der Waals surface area contributed by atoms with Crippen molar-refractivity contribution in [2.75, 3.05) is 13.6 Å². The first kappa shape index (κ1) is 27.0. The largest absolute Gasteiger partial charge is 0.460 e. The van der Waals surface area contributed by atoms with Crippen LogP contribution in [-0.4, -0.2) is 48.5 Å². The maximum atomic E-state index is 12.8. The van der Waals surface area contributed by atoms with Crippen molar-refractivity contribution < 1.29 is 31.1 Å². The molecule has 0 amide bonds. The Kier molecular flexibility index (Phi) is 7.58. The van der Waals surface area contributed by atoms with Gasteiger partial charge < -0.3 is 14.5 Å². The third-order valence-corrected chi connectivity index (χ3v) is 8.53. The number of halogens is 3. The number of likely N-dealkylation sites (N-methyl/N-ethyl adjacent to an activating group) is 1. The summed E-state index contributed by atoms with van der Waals surface area (Å²) >= 11 is 5.71. The van der Waals surface area contributed by atoms with Crippen LogP contribution in [0.2, 0.25) is 0 Å². The van der Waals surface area contributed by atoms with E-state index in [0.717, 1.165) is 36.2 Å². The number of nitrogens with one attached hydrogen (secondary N) is 2. The minimum absolute atomic E-state index is 0.398. The first-order valence-electron chi connectivity index (χ1n) is 11.5. The molecule has 2 atom stereocenters. The van der Waals surface area contributed by atoms with Crippen LogP contribution in [0.25, 0.3) is 5.65 Å². The number of benzene rings is 1. The van der Waals surface area contributed by atoms with Crippen LogP contribution in [0.4, 0.5) is 13.2 Å². The highest BCUT2D eigenvalue weighted by molar-refractivity contribution is 7.89. The molecule has 3 aromatic rings. The molecule has 198 valence electrons. The van der Waals surface area contributed by atoms with E-state index < -0.39 is 50.7 Å². The lowest BCUT2D eigenvalue weighted by atomic mass is 9.67. The fraction of sp³-hybridized carbons (Fsp3) is 0.375. The molecule has 2 N–H and O–H groups in total. The summed E-state index contributed by atoms with van der Waals surface area (Å²) in [6.45, 7) is -0.692. The predicted molar refractivity (Wildman–Crippen MR) is 134 cm³/mol. The van der Waals surface area contributed by atoms with Gasteiger partial charge in [-0.15, -0.1) is 0 Å². The van der Waals surface area contributed by atoms with Crippen LogP contribution < -0.4 is 10.0 Å². The molecule has 1 aliphatic rings. The molecule has 2 unspecified atom stereocenters. The fourth-order valence-corrected chi connectivity index (χ4v) is 6.01. The van der Waals surface area contributed by atoms with Crippen molar-refractivity contribution in [2.24, 2.45) is 0 Å². The molecule has 2 aromatic heterocycles. The van der Waals surface area contributed by atoms with Gasteiger partial charge in [-0.25, -0.2) is 13.4 Å². The lowest BCUT2D eigenvalue weighted by molar-refractivity contribution is -0.151. The number of fused-ring (bicyclic) bond motifs is 1. The zero-order chi connectivity index (χ0) is 26.8. The Labute approximate surface area is 217 Å². The first-order valence-corrected chi connectivity index (χ1v) is 13.4. The summed E-state index contributed by atoms with van der Waals surface area (Å²) in [6.07, 6.45) is 2.87. The number of alkyl halides is 3. The summed E-state index contributed by atoms with van der Waals surface area (Å²) in [5.41, 5.74) is -0.228. The van der Waals surface area contributed by atoms with E-state index in [1.54, 1.807) is 19.4 Å². The fourth-order valence-electron chi connectivity index (χ4n) is 4.69. The Hall–Kier alpha value is -3.03. The summed E-state index contributed by atoms with van der Waals surface area (Å²) in [4.78, 5) is 17.2. The molecular formula is C24H25F3N4O4S2. The van der Waals surface area contributed by atoms with E-state index in [-0.39, 0.29) is 0 Å². The van der Waals surface area contributed by atoms with Gasteiger partial charge >= 0.3 is 12.1 Å². The van der Waals surface area contributed by atoms with Gasteiger partial charge in [0.1, 0.15) is 18.3 Å². The number of carbonyl (C=O) groups excluding carboxylic acids is 1. The molecule has 8 nitrogen and oxygen atoms in total. The number of imidazole rings is 1.